The lowest BCUT2D eigenvalue weighted by molar-refractivity contribution is -0.172. The molecule has 3 aliphatic rings. The topological polar surface area (TPSA) is 107 Å². The van der Waals surface area contributed by atoms with Crippen LogP contribution in [0.2, 0.25) is 0 Å². The first kappa shape index (κ1) is 30.2. The molecule has 1 aliphatic carbocycles. The zero-order valence-corrected chi connectivity index (χ0v) is 23.6. The molecule has 3 fully saturated rings. The van der Waals surface area contributed by atoms with Crippen LogP contribution in [0.4, 0.5) is 19.0 Å². The number of hydrogen-bond acceptors (Lipinski definition) is 6. The SMILES string of the molecule is C=N/C(=N\c1ncn(CC2(O)CCN(C(=O)[C@H](C)CC(F)(F)F)CC23CCCC3)c(=O)c1C)N1CCN(C)CC1. The molecule has 2 atom stereocenters. The number of alkyl halides is 3. The molecule has 13 heteroatoms. The molecule has 1 unspecified atom stereocenters. The number of likely N-dealkylation sites (N-methyl/N-ethyl adjacent to an activating group) is 1. The number of piperidine rings is 1. The highest BCUT2D eigenvalue weighted by atomic mass is 19.4. The van der Waals surface area contributed by atoms with Crippen LogP contribution in [0.1, 0.15) is 51.0 Å². The van der Waals surface area contributed by atoms with Crippen LogP contribution in [-0.2, 0) is 11.3 Å². The average molecular weight is 568 g/mol. The number of amides is 1. The molecule has 1 amide bonds. The van der Waals surface area contributed by atoms with Crippen LogP contribution in [0.3, 0.4) is 0 Å². The first-order valence-corrected chi connectivity index (χ1v) is 13.9. The van der Waals surface area contributed by atoms with Gasteiger partial charge in [0.25, 0.3) is 5.56 Å². The van der Waals surface area contributed by atoms with Gasteiger partial charge in [-0.2, -0.15) is 18.2 Å². The van der Waals surface area contributed by atoms with Crippen molar-refractivity contribution in [1.82, 2.24) is 24.3 Å². The van der Waals surface area contributed by atoms with Gasteiger partial charge in [-0.3, -0.25) is 14.2 Å². The van der Waals surface area contributed by atoms with Gasteiger partial charge < -0.3 is 19.8 Å². The van der Waals surface area contributed by atoms with Crippen molar-refractivity contribution in [2.75, 3.05) is 46.3 Å². The van der Waals surface area contributed by atoms with Gasteiger partial charge >= 0.3 is 6.18 Å². The molecule has 4 rings (SSSR count). The molecule has 1 aromatic rings. The number of likely N-dealkylation sites (tertiary alicyclic amines) is 1. The number of carbonyl (C=O) groups is 1. The summed E-state index contributed by atoms with van der Waals surface area (Å²) in [4.78, 5) is 45.0. The maximum absolute atomic E-state index is 13.4. The van der Waals surface area contributed by atoms with E-state index in [9.17, 15) is 27.9 Å². The fourth-order valence-electron chi connectivity index (χ4n) is 6.43. The Hall–Kier alpha value is -2.80. The molecule has 222 valence electrons. The highest BCUT2D eigenvalue weighted by Crippen LogP contribution is 2.51. The fourth-order valence-corrected chi connectivity index (χ4v) is 6.43. The summed E-state index contributed by atoms with van der Waals surface area (Å²) >= 11 is 0. The summed E-state index contributed by atoms with van der Waals surface area (Å²) in [6.07, 6.45) is -1.12. The second-order valence-corrected chi connectivity index (χ2v) is 11.7. The van der Waals surface area contributed by atoms with Crippen molar-refractivity contribution in [3.8, 4) is 0 Å². The van der Waals surface area contributed by atoms with Crippen molar-refractivity contribution in [1.29, 1.82) is 0 Å². The molecule has 0 bridgehead atoms. The van der Waals surface area contributed by atoms with Crippen molar-refractivity contribution < 1.29 is 23.1 Å². The third-order valence-corrected chi connectivity index (χ3v) is 8.91. The smallest absolute Gasteiger partial charge is 0.387 e. The van der Waals surface area contributed by atoms with Crippen LogP contribution in [0.5, 0.6) is 0 Å². The van der Waals surface area contributed by atoms with Gasteiger partial charge in [-0.1, -0.05) is 19.8 Å². The van der Waals surface area contributed by atoms with E-state index >= 15 is 0 Å². The standard InChI is InChI=1S/C27H40F3N7O3/c1-19(15-27(28,29)30)22(38)36-10-9-26(40,25(16-36)7-5-6-8-25)17-37-18-32-21(20(2)23(37)39)33-24(31-3)35-13-11-34(4)12-14-35/h18-19,40H,3,5-17H2,1-2,4H3/b33-24+/t19-,26?/m1/s1. The zero-order valence-electron chi connectivity index (χ0n) is 23.6. The van der Waals surface area contributed by atoms with Gasteiger partial charge in [0.1, 0.15) is 6.33 Å². The summed E-state index contributed by atoms with van der Waals surface area (Å²) in [6, 6.07) is 0. The molecule has 1 spiro atoms. The van der Waals surface area contributed by atoms with Crippen LogP contribution < -0.4 is 5.56 Å². The molecule has 0 aromatic carbocycles. The molecule has 2 aliphatic heterocycles. The summed E-state index contributed by atoms with van der Waals surface area (Å²) in [7, 11) is 2.04. The predicted molar refractivity (Wildman–Crippen MR) is 146 cm³/mol. The summed E-state index contributed by atoms with van der Waals surface area (Å²) < 4.78 is 40.1. The predicted octanol–water partition coefficient (Wildman–Crippen LogP) is 2.60. The van der Waals surface area contributed by atoms with E-state index in [1.54, 1.807) is 6.92 Å². The van der Waals surface area contributed by atoms with Crippen molar-refractivity contribution in [2.45, 2.75) is 70.7 Å². The van der Waals surface area contributed by atoms with Crippen molar-refractivity contribution >= 4 is 24.4 Å². The fraction of sp³-hybridized carbons (Fsp3) is 0.741. The molecule has 0 radical (unpaired) electrons. The Labute approximate surface area is 232 Å². The zero-order chi connectivity index (χ0) is 29.3. The maximum atomic E-state index is 13.4. The number of rotatable bonds is 5. The van der Waals surface area contributed by atoms with E-state index in [-0.39, 0.29) is 37.4 Å². The van der Waals surface area contributed by atoms with E-state index in [1.807, 2.05) is 11.9 Å². The molecule has 3 heterocycles. The van der Waals surface area contributed by atoms with Gasteiger partial charge in [-0.05, 0) is 40.0 Å². The lowest BCUT2D eigenvalue weighted by Gasteiger charge is -2.52. The lowest BCUT2D eigenvalue weighted by Crippen LogP contribution is -2.62. The van der Waals surface area contributed by atoms with E-state index in [0.717, 1.165) is 39.0 Å². The van der Waals surface area contributed by atoms with Crippen LogP contribution in [0.25, 0.3) is 0 Å². The summed E-state index contributed by atoms with van der Waals surface area (Å²) in [5, 5.41) is 12.0. The molecule has 2 saturated heterocycles. The Balaban J connectivity index is 1.54. The number of hydrogen-bond donors (Lipinski definition) is 1. The normalized spacial score (nSPS) is 24.9. The quantitative estimate of drug-likeness (QED) is 0.433. The number of aliphatic hydroxyl groups is 1. The van der Waals surface area contributed by atoms with E-state index < -0.39 is 35.4 Å². The first-order valence-electron chi connectivity index (χ1n) is 13.9. The van der Waals surface area contributed by atoms with Gasteiger partial charge in [0, 0.05) is 50.6 Å². The monoisotopic (exact) mass is 567 g/mol. The molecule has 1 saturated carbocycles. The molecule has 10 nitrogen and oxygen atoms in total. The number of carbonyl (C=O) groups excluding carboxylic acids is 1. The van der Waals surface area contributed by atoms with Gasteiger partial charge in [0.05, 0.1) is 24.1 Å². The average Bonchev–Trinajstić information content (AvgIpc) is 3.37. The summed E-state index contributed by atoms with van der Waals surface area (Å²) in [6.45, 7) is 10.0. The molecule has 1 N–H and O–H groups in total. The summed E-state index contributed by atoms with van der Waals surface area (Å²) in [5.41, 5.74) is -2.04. The third-order valence-electron chi connectivity index (χ3n) is 8.91. The Morgan fingerprint density at radius 3 is 2.40 bits per heavy atom. The van der Waals surface area contributed by atoms with E-state index in [2.05, 4.69) is 26.6 Å². The molecule has 1 aromatic heterocycles. The Kier molecular flexibility index (Phi) is 8.74. The van der Waals surface area contributed by atoms with Crippen LogP contribution in [0, 0.1) is 18.3 Å². The van der Waals surface area contributed by atoms with Crippen molar-refractivity contribution in [3.63, 3.8) is 0 Å². The number of aliphatic imine (C=N–C) groups is 2. The van der Waals surface area contributed by atoms with Gasteiger partial charge in [-0.15, -0.1) is 0 Å². The molecular formula is C27H40F3N7O3. The minimum Gasteiger partial charge on any atom is -0.387 e. The van der Waals surface area contributed by atoms with Crippen LogP contribution in [-0.4, -0.2) is 106 Å². The molecular weight excluding hydrogens is 527 g/mol. The van der Waals surface area contributed by atoms with Crippen molar-refractivity contribution in [3.05, 3.63) is 22.2 Å². The third kappa shape index (κ3) is 6.24. The maximum Gasteiger partial charge on any atom is 0.389 e. The largest absolute Gasteiger partial charge is 0.389 e. The Morgan fingerprint density at radius 2 is 1.80 bits per heavy atom. The van der Waals surface area contributed by atoms with Crippen molar-refractivity contribution in [2.24, 2.45) is 21.3 Å². The molecule has 40 heavy (non-hydrogen) atoms. The number of nitrogens with zero attached hydrogens (tertiary/aromatic N) is 7. The Bertz CT molecular complexity index is 1190. The number of aromatic nitrogens is 2. The van der Waals surface area contributed by atoms with E-state index in [0.29, 0.717) is 24.4 Å². The minimum atomic E-state index is -4.42. The minimum absolute atomic E-state index is 0.0190. The van der Waals surface area contributed by atoms with E-state index in [4.69, 9.17) is 0 Å². The number of halogens is 3. The first-order chi connectivity index (χ1) is 18.8. The second kappa shape index (κ2) is 11.6. The highest BCUT2D eigenvalue weighted by Gasteiger charge is 2.56. The second-order valence-electron chi connectivity index (χ2n) is 11.7. The van der Waals surface area contributed by atoms with Crippen LogP contribution >= 0.6 is 0 Å². The highest BCUT2D eigenvalue weighted by molar-refractivity contribution is 5.86. The van der Waals surface area contributed by atoms with Gasteiger partial charge in [0.15, 0.2) is 5.82 Å². The van der Waals surface area contributed by atoms with Crippen LogP contribution in [0.15, 0.2) is 21.1 Å². The lowest BCUT2D eigenvalue weighted by atomic mass is 9.65. The summed E-state index contributed by atoms with van der Waals surface area (Å²) in [5.74, 6) is -1.09. The Morgan fingerprint density at radius 1 is 1.15 bits per heavy atom. The van der Waals surface area contributed by atoms with E-state index in [1.165, 1.54) is 22.7 Å². The number of piperazine rings is 1. The van der Waals surface area contributed by atoms with Gasteiger partial charge in [-0.25, -0.2) is 9.98 Å². The van der Waals surface area contributed by atoms with Gasteiger partial charge in [0.2, 0.25) is 11.9 Å². The number of guanidine groups is 1.